The van der Waals surface area contributed by atoms with E-state index in [4.69, 9.17) is 0 Å². The molecule has 1 aliphatic rings. The summed E-state index contributed by atoms with van der Waals surface area (Å²) in [7, 11) is 0. The Morgan fingerprint density at radius 2 is 1.16 bits per heavy atom. The van der Waals surface area contributed by atoms with Crippen LogP contribution in [-0.2, 0) is 6.42 Å². The molecule has 5 aromatic rings. The molecule has 0 radical (unpaired) electrons. The van der Waals surface area contributed by atoms with E-state index in [1.54, 1.807) is 0 Å². The number of hydrogen-bond acceptors (Lipinski definition) is 0. The highest BCUT2D eigenvalue weighted by Gasteiger charge is 2.28. The second-order valence-electron chi connectivity index (χ2n) is 8.80. The Kier molecular flexibility index (Phi) is 4.85. The van der Waals surface area contributed by atoms with Gasteiger partial charge in [0.15, 0.2) is 0 Å². The smallest absolute Gasteiger partial charge is 0.0111 e. The zero-order chi connectivity index (χ0) is 21.3. The third kappa shape index (κ3) is 3.24. The highest BCUT2D eigenvalue weighted by Crippen LogP contribution is 2.47. The lowest BCUT2D eigenvalue weighted by Crippen LogP contribution is -2.14. The second-order valence-corrected chi connectivity index (χ2v) is 8.80. The highest BCUT2D eigenvalue weighted by atomic mass is 14.3. The normalized spacial score (nSPS) is 15.4. The lowest BCUT2D eigenvalue weighted by molar-refractivity contribution is 0.621. The van der Waals surface area contributed by atoms with Crippen LogP contribution in [0.2, 0.25) is 0 Å². The molecule has 6 rings (SSSR count). The average Bonchev–Trinajstić information content (AvgIpc) is 2.88. The van der Waals surface area contributed by atoms with Gasteiger partial charge in [-0.2, -0.15) is 0 Å². The van der Waals surface area contributed by atoms with Gasteiger partial charge in [0.2, 0.25) is 0 Å². The lowest BCUT2D eigenvalue weighted by Gasteiger charge is -2.31. The topological polar surface area (TPSA) is 0 Å². The third-order valence-corrected chi connectivity index (χ3v) is 6.97. The molecule has 154 valence electrons. The fourth-order valence-electron chi connectivity index (χ4n) is 5.58. The van der Waals surface area contributed by atoms with E-state index in [0.29, 0.717) is 5.92 Å². The van der Waals surface area contributed by atoms with Gasteiger partial charge < -0.3 is 0 Å². The zero-order valence-corrected chi connectivity index (χ0v) is 18.2. The molecule has 0 amide bonds. The summed E-state index contributed by atoms with van der Waals surface area (Å²) in [6, 6.07) is 42.3. The standard InChI is InChI=1S/C32H26/c1-3-11-23(12-4-1)27-19-9-16-26-17-10-20-30(31(26)27)32-28-18-8-7-15-25(28)21-22-29(32)24-13-5-2-6-14-24/h1-9,11-16,18-19,21-22,30H,10,17,20H2. The maximum absolute atomic E-state index is 2.35. The van der Waals surface area contributed by atoms with Crippen molar-refractivity contribution in [3.05, 3.63) is 132 Å². The van der Waals surface area contributed by atoms with Gasteiger partial charge in [-0.05, 0) is 69.0 Å². The summed E-state index contributed by atoms with van der Waals surface area (Å²) < 4.78 is 0. The molecule has 1 atom stereocenters. The van der Waals surface area contributed by atoms with Crippen molar-refractivity contribution in [2.75, 3.05) is 0 Å². The summed E-state index contributed by atoms with van der Waals surface area (Å²) in [5, 5.41) is 2.71. The summed E-state index contributed by atoms with van der Waals surface area (Å²) in [5.41, 5.74) is 9.90. The maximum atomic E-state index is 2.35. The van der Waals surface area contributed by atoms with Crippen LogP contribution in [0.1, 0.15) is 35.4 Å². The molecule has 0 aliphatic heterocycles. The van der Waals surface area contributed by atoms with Crippen molar-refractivity contribution in [3.8, 4) is 22.3 Å². The Morgan fingerprint density at radius 1 is 0.500 bits per heavy atom. The molecule has 0 N–H and O–H groups in total. The number of rotatable bonds is 3. The Bertz CT molecular complexity index is 1380. The van der Waals surface area contributed by atoms with Crippen molar-refractivity contribution in [2.45, 2.75) is 25.2 Å². The summed E-state index contributed by atoms with van der Waals surface area (Å²) in [6.45, 7) is 0. The Balaban J connectivity index is 1.66. The molecule has 1 aliphatic carbocycles. The second kappa shape index (κ2) is 8.13. The van der Waals surface area contributed by atoms with Crippen molar-refractivity contribution in [1.29, 1.82) is 0 Å². The van der Waals surface area contributed by atoms with Gasteiger partial charge in [0.25, 0.3) is 0 Å². The van der Waals surface area contributed by atoms with Gasteiger partial charge in [0, 0.05) is 5.92 Å². The summed E-state index contributed by atoms with van der Waals surface area (Å²) in [6.07, 6.45) is 3.58. The zero-order valence-electron chi connectivity index (χ0n) is 18.2. The van der Waals surface area contributed by atoms with E-state index in [0.717, 1.165) is 6.42 Å². The van der Waals surface area contributed by atoms with Gasteiger partial charge in [-0.1, -0.05) is 115 Å². The molecule has 0 heteroatoms. The van der Waals surface area contributed by atoms with Crippen LogP contribution in [0.4, 0.5) is 0 Å². The van der Waals surface area contributed by atoms with E-state index >= 15 is 0 Å². The Labute approximate surface area is 190 Å². The quantitative estimate of drug-likeness (QED) is 0.279. The minimum absolute atomic E-state index is 0.386. The molecule has 0 spiro atoms. The van der Waals surface area contributed by atoms with Crippen molar-refractivity contribution in [2.24, 2.45) is 0 Å². The van der Waals surface area contributed by atoms with E-state index in [1.807, 2.05) is 0 Å². The largest absolute Gasteiger partial charge is 0.0622 e. The van der Waals surface area contributed by atoms with Crippen LogP contribution in [0.25, 0.3) is 33.0 Å². The van der Waals surface area contributed by atoms with E-state index in [2.05, 4.69) is 115 Å². The summed E-state index contributed by atoms with van der Waals surface area (Å²) >= 11 is 0. The number of hydrogen-bond donors (Lipinski definition) is 0. The van der Waals surface area contributed by atoms with Crippen LogP contribution in [-0.4, -0.2) is 0 Å². The van der Waals surface area contributed by atoms with E-state index in [-0.39, 0.29) is 0 Å². The molecule has 0 saturated heterocycles. The monoisotopic (exact) mass is 410 g/mol. The van der Waals surface area contributed by atoms with Gasteiger partial charge in [-0.3, -0.25) is 0 Å². The van der Waals surface area contributed by atoms with Gasteiger partial charge in [-0.25, -0.2) is 0 Å². The molecule has 32 heavy (non-hydrogen) atoms. The molecular weight excluding hydrogens is 384 g/mol. The first kappa shape index (κ1) is 19.1. The third-order valence-electron chi connectivity index (χ3n) is 6.97. The molecule has 0 saturated carbocycles. The van der Waals surface area contributed by atoms with E-state index in [9.17, 15) is 0 Å². The first-order chi connectivity index (χ1) is 15.9. The van der Waals surface area contributed by atoms with Crippen LogP contribution in [0.15, 0.2) is 115 Å². The first-order valence-electron chi connectivity index (χ1n) is 11.6. The van der Waals surface area contributed by atoms with Crippen molar-refractivity contribution in [1.82, 2.24) is 0 Å². The van der Waals surface area contributed by atoms with Gasteiger partial charge in [-0.15, -0.1) is 0 Å². The fourth-order valence-corrected chi connectivity index (χ4v) is 5.58. The van der Waals surface area contributed by atoms with Crippen molar-refractivity contribution >= 4 is 10.8 Å². The van der Waals surface area contributed by atoms with E-state index in [1.165, 1.54) is 62.6 Å². The Morgan fingerprint density at radius 3 is 1.91 bits per heavy atom. The van der Waals surface area contributed by atoms with Crippen molar-refractivity contribution < 1.29 is 0 Å². The maximum Gasteiger partial charge on any atom is 0.0111 e. The minimum atomic E-state index is 0.386. The van der Waals surface area contributed by atoms with E-state index < -0.39 is 0 Å². The molecule has 0 bridgehead atoms. The average molecular weight is 411 g/mol. The lowest BCUT2D eigenvalue weighted by atomic mass is 9.72. The summed E-state index contributed by atoms with van der Waals surface area (Å²) in [4.78, 5) is 0. The molecule has 0 nitrogen and oxygen atoms in total. The molecule has 0 fully saturated rings. The molecular formula is C32H26. The predicted octanol–water partition coefficient (Wildman–Crippen LogP) is 8.64. The molecule has 0 aromatic heterocycles. The molecule has 5 aromatic carbocycles. The Hall–Kier alpha value is -3.64. The van der Waals surface area contributed by atoms with Crippen LogP contribution in [0.5, 0.6) is 0 Å². The van der Waals surface area contributed by atoms with Gasteiger partial charge in [0.05, 0.1) is 0 Å². The summed E-state index contributed by atoms with van der Waals surface area (Å²) in [5.74, 6) is 0.386. The van der Waals surface area contributed by atoms with Crippen LogP contribution in [0.3, 0.4) is 0 Å². The number of aryl methyl sites for hydroxylation is 1. The highest BCUT2D eigenvalue weighted by molar-refractivity contribution is 5.93. The number of fused-ring (bicyclic) bond motifs is 2. The molecule has 1 unspecified atom stereocenters. The van der Waals surface area contributed by atoms with Crippen LogP contribution >= 0.6 is 0 Å². The predicted molar refractivity (Wildman–Crippen MR) is 136 cm³/mol. The first-order valence-corrected chi connectivity index (χ1v) is 11.6. The molecule has 0 heterocycles. The minimum Gasteiger partial charge on any atom is -0.0622 e. The SMILES string of the molecule is c1ccc(-c2cccc3c2C(c2c(-c4ccccc4)ccc4ccccc24)CCC3)cc1. The van der Waals surface area contributed by atoms with Crippen LogP contribution in [0, 0.1) is 0 Å². The number of benzene rings is 5. The van der Waals surface area contributed by atoms with Crippen molar-refractivity contribution in [3.63, 3.8) is 0 Å². The van der Waals surface area contributed by atoms with Crippen LogP contribution < -0.4 is 0 Å². The van der Waals surface area contributed by atoms with Gasteiger partial charge in [0.1, 0.15) is 0 Å². The fraction of sp³-hybridized carbons (Fsp3) is 0.125. The van der Waals surface area contributed by atoms with Gasteiger partial charge >= 0.3 is 0 Å².